The predicted molar refractivity (Wildman–Crippen MR) is 108 cm³/mol. The van der Waals surface area contributed by atoms with Crippen LogP contribution in [0.1, 0.15) is 20.8 Å². The van der Waals surface area contributed by atoms with Crippen molar-refractivity contribution in [2.75, 3.05) is 26.6 Å². The molecule has 2 N–H and O–H groups in total. The number of benzene rings is 2. The van der Waals surface area contributed by atoms with Gasteiger partial charge >= 0.3 is 0 Å². The molecule has 0 spiro atoms. The lowest BCUT2D eigenvalue weighted by Gasteiger charge is -2.08. The van der Waals surface area contributed by atoms with Gasteiger partial charge in [-0.05, 0) is 36.4 Å². The minimum absolute atomic E-state index is 0.222. The Morgan fingerprint density at radius 1 is 1.00 bits per heavy atom. The molecule has 0 fully saturated rings. The van der Waals surface area contributed by atoms with Gasteiger partial charge < -0.3 is 20.1 Å². The number of rotatable bonds is 6. The molecule has 0 saturated heterocycles. The van der Waals surface area contributed by atoms with Gasteiger partial charge in [0, 0.05) is 29.2 Å². The Hall–Kier alpha value is -3.39. The summed E-state index contributed by atoms with van der Waals surface area (Å²) in [6.07, 6.45) is 0. The first kappa shape index (κ1) is 19.4. The molecular weight excluding hydrogens is 378 g/mol. The van der Waals surface area contributed by atoms with Gasteiger partial charge in [0.1, 0.15) is 10.7 Å². The Kier molecular flexibility index (Phi) is 5.90. The fourth-order valence-electron chi connectivity index (χ4n) is 2.56. The molecule has 144 valence electrons. The zero-order chi connectivity index (χ0) is 20.1. The third kappa shape index (κ3) is 4.12. The van der Waals surface area contributed by atoms with Gasteiger partial charge in [-0.3, -0.25) is 9.59 Å². The molecule has 28 heavy (non-hydrogen) atoms. The third-order valence-electron chi connectivity index (χ3n) is 3.98. The summed E-state index contributed by atoms with van der Waals surface area (Å²) in [6, 6.07) is 12.2. The molecule has 0 bridgehead atoms. The van der Waals surface area contributed by atoms with E-state index in [9.17, 15) is 9.59 Å². The first-order valence-electron chi connectivity index (χ1n) is 8.37. The summed E-state index contributed by atoms with van der Waals surface area (Å²) < 4.78 is 10.5. The summed E-state index contributed by atoms with van der Waals surface area (Å²) in [7, 11) is 4.69. The van der Waals surface area contributed by atoms with Crippen LogP contribution in [0.25, 0.3) is 10.6 Å². The zero-order valence-corrected chi connectivity index (χ0v) is 16.4. The molecule has 3 rings (SSSR count). The lowest BCUT2D eigenvalue weighted by Crippen LogP contribution is -2.18. The maximum absolute atomic E-state index is 12.5. The van der Waals surface area contributed by atoms with E-state index < -0.39 is 0 Å². The highest BCUT2D eigenvalue weighted by Gasteiger charge is 2.14. The summed E-state index contributed by atoms with van der Waals surface area (Å²) in [5, 5.41) is 7.68. The molecule has 3 aromatic rings. The quantitative estimate of drug-likeness (QED) is 0.665. The van der Waals surface area contributed by atoms with Gasteiger partial charge in [-0.2, -0.15) is 0 Å². The molecule has 0 aliphatic heterocycles. The smallest absolute Gasteiger partial charge is 0.275 e. The first-order chi connectivity index (χ1) is 13.5. The maximum Gasteiger partial charge on any atom is 0.275 e. The fourth-order valence-corrected chi connectivity index (χ4v) is 3.35. The van der Waals surface area contributed by atoms with Crippen molar-refractivity contribution in [1.29, 1.82) is 0 Å². The van der Waals surface area contributed by atoms with Crippen LogP contribution in [0.3, 0.4) is 0 Å². The SMILES string of the molecule is CNC(=O)c1cccc(NC(=O)c2csc(-c3ccc(OC)c(OC)c3)n2)c1. The number of methoxy groups -OCH3 is 2. The molecule has 0 aliphatic rings. The topological polar surface area (TPSA) is 89.6 Å². The van der Waals surface area contributed by atoms with E-state index in [0.717, 1.165) is 5.56 Å². The van der Waals surface area contributed by atoms with E-state index >= 15 is 0 Å². The number of anilines is 1. The highest BCUT2D eigenvalue weighted by Crippen LogP contribution is 2.33. The van der Waals surface area contributed by atoms with Crippen molar-refractivity contribution in [1.82, 2.24) is 10.3 Å². The third-order valence-corrected chi connectivity index (χ3v) is 4.87. The van der Waals surface area contributed by atoms with E-state index in [2.05, 4.69) is 15.6 Å². The van der Waals surface area contributed by atoms with Crippen LogP contribution >= 0.6 is 11.3 Å². The van der Waals surface area contributed by atoms with E-state index in [1.165, 1.54) is 11.3 Å². The molecule has 2 aromatic carbocycles. The normalized spacial score (nSPS) is 10.2. The average Bonchev–Trinajstić information content (AvgIpc) is 3.23. The van der Waals surface area contributed by atoms with Crippen molar-refractivity contribution in [2.24, 2.45) is 0 Å². The van der Waals surface area contributed by atoms with E-state index in [1.54, 1.807) is 57.0 Å². The highest BCUT2D eigenvalue weighted by atomic mass is 32.1. The van der Waals surface area contributed by atoms with Crippen LogP contribution in [0, 0.1) is 0 Å². The van der Waals surface area contributed by atoms with Gasteiger partial charge in [0.25, 0.3) is 11.8 Å². The van der Waals surface area contributed by atoms with Gasteiger partial charge in [0.2, 0.25) is 0 Å². The first-order valence-corrected chi connectivity index (χ1v) is 9.25. The average molecular weight is 397 g/mol. The van der Waals surface area contributed by atoms with Crippen molar-refractivity contribution in [3.05, 3.63) is 59.1 Å². The van der Waals surface area contributed by atoms with Crippen molar-refractivity contribution in [3.8, 4) is 22.1 Å². The van der Waals surface area contributed by atoms with Gasteiger partial charge in [0.15, 0.2) is 11.5 Å². The zero-order valence-electron chi connectivity index (χ0n) is 15.6. The number of hydrogen-bond donors (Lipinski definition) is 2. The van der Waals surface area contributed by atoms with Crippen molar-refractivity contribution in [2.45, 2.75) is 0 Å². The molecule has 7 nitrogen and oxygen atoms in total. The summed E-state index contributed by atoms with van der Waals surface area (Å²) in [4.78, 5) is 28.7. The number of hydrogen-bond acceptors (Lipinski definition) is 6. The van der Waals surface area contributed by atoms with Crippen LogP contribution in [0.2, 0.25) is 0 Å². The number of nitrogens with one attached hydrogen (secondary N) is 2. The Morgan fingerprint density at radius 3 is 2.50 bits per heavy atom. The van der Waals surface area contributed by atoms with Crippen LogP contribution in [0.5, 0.6) is 11.5 Å². The summed E-state index contributed by atoms with van der Waals surface area (Å²) in [5.74, 6) is 0.640. The molecular formula is C20H19N3O4S. The van der Waals surface area contributed by atoms with Gasteiger partial charge in [-0.25, -0.2) is 4.98 Å². The summed E-state index contributed by atoms with van der Waals surface area (Å²) >= 11 is 1.35. The Balaban J connectivity index is 1.79. The predicted octanol–water partition coefficient (Wildman–Crippen LogP) is 3.44. The number of aromatic nitrogens is 1. The number of nitrogens with zero attached hydrogens (tertiary/aromatic N) is 1. The maximum atomic E-state index is 12.5. The van der Waals surface area contributed by atoms with E-state index in [0.29, 0.717) is 33.5 Å². The van der Waals surface area contributed by atoms with E-state index in [1.807, 2.05) is 12.1 Å². The van der Waals surface area contributed by atoms with Gasteiger partial charge in [-0.15, -0.1) is 11.3 Å². The molecule has 0 atom stereocenters. The molecule has 0 unspecified atom stereocenters. The number of carbonyl (C=O) groups excluding carboxylic acids is 2. The standard InChI is InChI=1S/C20H19N3O4S/c1-21-18(24)12-5-4-6-14(9-12)22-19(25)15-11-28-20(23-15)13-7-8-16(26-2)17(10-13)27-3/h4-11H,1-3H3,(H,21,24)(H,22,25). The Bertz CT molecular complexity index is 1020. The van der Waals surface area contributed by atoms with Crippen LogP contribution in [0.15, 0.2) is 47.8 Å². The number of amides is 2. The van der Waals surface area contributed by atoms with Crippen molar-refractivity contribution < 1.29 is 19.1 Å². The number of thiazole rings is 1. The van der Waals surface area contributed by atoms with Gasteiger partial charge in [-0.1, -0.05) is 6.07 Å². The van der Waals surface area contributed by atoms with Crippen molar-refractivity contribution in [3.63, 3.8) is 0 Å². The lowest BCUT2D eigenvalue weighted by molar-refractivity contribution is 0.0961. The highest BCUT2D eigenvalue weighted by molar-refractivity contribution is 7.13. The molecule has 0 aliphatic carbocycles. The number of carbonyl (C=O) groups is 2. The van der Waals surface area contributed by atoms with Gasteiger partial charge in [0.05, 0.1) is 14.2 Å². The minimum atomic E-state index is -0.350. The molecule has 8 heteroatoms. The van der Waals surface area contributed by atoms with Crippen LogP contribution in [-0.4, -0.2) is 38.1 Å². The molecule has 0 saturated carbocycles. The summed E-state index contributed by atoms with van der Waals surface area (Å²) in [6.45, 7) is 0. The second kappa shape index (κ2) is 8.53. The Morgan fingerprint density at radius 2 is 1.79 bits per heavy atom. The van der Waals surface area contributed by atoms with Crippen LogP contribution in [-0.2, 0) is 0 Å². The molecule has 2 amide bonds. The summed E-state index contributed by atoms with van der Waals surface area (Å²) in [5.41, 5.74) is 2.10. The molecule has 0 radical (unpaired) electrons. The minimum Gasteiger partial charge on any atom is -0.493 e. The van der Waals surface area contributed by atoms with Crippen molar-refractivity contribution >= 4 is 28.8 Å². The second-order valence-corrected chi connectivity index (χ2v) is 6.58. The largest absolute Gasteiger partial charge is 0.493 e. The van der Waals surface area contributed by atoms with E-state index in [4.69, 9.17) is 9.47 Å². The monoisotopic (exact) mass is 397 g/mol. The molecule has 1 heterocycles. The fraction of sp³-hybridized carbons (Fsp3) is 0.150. The Labute approximate surface area is 166 Å². The second-order valence-electron chi connectivity index (χ2n) is 5.72. The molecule has 1 aromatic heterocycles. The van der Waals surface area contributed by atoms with Crippen LogP contribution in [0.4, 0.5) is 5.69 Å². The lowest BCUT2D eigenvalue weighted by atomic mass is 10.2. The van der Waals surface area contributed by atoms with Crippen LogP contribution < -0.4 is 20.1 Å². The van der Waals surface area contributed by atoms with E-state index in [-0.39, 0.29) is 11.8 Å². The number of ether oxygens (including phenoxy) is 2.